The van der Waals surface area contributed by atoms with Crippen LogP contribution in [0.4, 0.5) is 5.69 Å². The smallest absolute Gasteiger partial charge is 0.162 e. The first-order valence-electron chi connectivity index (χ1n) is 9.17. The minimum absolute atomic E-state index is 0.402. The van der Waals surface area contributed by atoms with Crippen molar-refractivity contribution in [3.05, 3.63) is 63.9 Å². The number of fused-ring (bicyclic) bond motifs is 1. The summed E-state index contributed by atoms with van der Waals surface area (Å²) in [5.74, 6) is 6.85. The maximum Gasteiger partial charge on any atom is 0.162 e. The van der Waals surface area contributed by atoms with Gasteiger partial charge in [-0.25, -0.2) is 4.99 Å². The Morgan fingerprint density at radius 1 is 1.17 bits per heavy atom. The molecule has 0 aromatic heterocycles. The molecule has 2 aromatic carbocycles. The van der Waals surface area contributed by atoms with Crippen LogP contribution in [0.1, 0.15) is 18.1 Å². The Morgan fingerprint density at radius 2 is 1.97 bits per heavy atom. The van der Waals surface area contributed by atoms with Crippen molar-refractivity contribution in [2.24, 2.45) is 10.8 Å². The highest BCUT2D eigenvalue weighted by atomic mass is 35.5. The maximum absolute atomic E-state index is 6.51. The van der Waals surface area contributed by atoms with Gasteiger partial charge in [-0.3, -0.25) is 5.84 Å². The number of allylic oxidation sites excluding steroid dienone is 1. The predicted molar refractivity (Wildman–Crippen MR) is 116 cm³/mol. The van der Waals surface area contributed by atoms with E-state index in [-0.39, 0.29) is 0 Å². The van der Waals surface area contributed by atoms with Crippen LogP contribution < -0.4 is 26.1 Å². The third-order valence-corrected chi connectivity index (χ3v) is 4.90. The zero-order valence-electron chi connectivity index (χ0n) is 16.7. The first-order chi connectivity index (χ1) is 14.1. The number of hydrogen-bond donors (Lipinski definition) is 3. The van der Waals surface area contributed by atoms with Gasteiger partial charge in [0.1, 0.15) is 6.61 Å². The molecular formula is C21H25ClN4O3. The van der Waals surface area contributed by atoms with Crippen molar-refractivity contribution in [1.29, 1.82) is 0 Å². The number of aliphatic imine (C=N–C) groups is 1. The van der Waals surface area contributed by atoms with E-state index in [1.807, 2.05) is 43.3 Å². The SMILES string of the molecule is COCCOc1cc2c(cc1OC)NC/C(=C(/C)NN)N=C2c1ccccc1Cl. The Balaban J connectivity index is 2.19. The van der Waals surface area contributed by atoms with Gasteiger partial charge in [-0.2, -0.15) is 0 Å². The van der Waals surface area contributed by atoms with E-state index in [2.05, 4.69) is 10.7 Å². The quantitative estimate of drug-likeness (QED) is 0.364. The Hall–Kier alpha value is -2.74. The summed E-state index contributed by atoms with van der Waals surface area (Å²) >= 11 is 6.51. The summed E-state index contributed by atoms with van der Waals surface area (Å²) in [4.78, 5) is 4.90. The molecule has 0 saturated carbocycles. The van der Waals surface area contributed by atoms with Gasteiger partial charge in [0.25, 0.3) is 0 Å². The number of nitrogens with one attached hydrogen (secondary N) is 2. The molecule has 3 rings (SSSR count). The summed E-state index contributed by atoms with van der Waals surface area (Å²) in [5.41, 5.74) is 7.47. The lowest BCUT2D eigenvalue weighted by Gasteiger charge is -2.17. The number of benzene rings is 2. The van der Waals surface area contributed by atoms with Crippen LogP contribution in [-0.4, -0.2) is 39.7 Å². The van der Waals surface area contributed by atoms with E-state index < -0.39 is 0 Å². The van der Waals surface area contributed by atoms with E-state index in [4.69, 9.17) is 36.6 Å². The number of nitrogens with zero attached hydrogens (tertiary/aromatic N) is 1. The van der Waals surface area contributed by atoms with Crippen molar-refractivity contribution in [3.63, 3.8) is 0 Å². The lowest BCUT2D eigenvalue weighted by molar-refractivity contribution is 0.144. The number of hydrazine groups is 1. The fourth-order valence-electron chi connectivity index (χ4n) is 2.98. The highest BCUT2D eigenvalue weighted by Crippen LogP contribution is 2.37. The standard InChI is InChI=1S/C21H25ClN4O3/c1-13(26-23)18-12-24-17-11-19(28-3)20(29-9-8-27-2)10-15(17)21(25-18)14-6-4-5-7-16(14)22/h4-7,10-11,24,26H,8-9,12,23H2,1-3H3/b18-13+. The molecule has 0 saturated heterocycles. The van der Waals surface area contributed by atoms with E-state index in [1.54, 1.807) is 14.2 Å². The van der Waals surface area contributed by atoms with Crippen LogP contribution in [0.5, 0.6) is 11.5 Å². The van der Waals surface area contributed by atoms with Crippen LogP contribution >= 0.6 is 11.6 Å². The molecule has 0 aliphatic carbocycles. The van der Waals surface area contributed by atoms with Crippen LogP contribution in [0.15, 0.2) is 52.8 Å². The monoisotopic (exact) mass is 416 g/mol. The molecule has 0 unspecified atom stereocenters. The minimum Gasteiger partial charge on any atom is -0.493 e. The van der Waals surface area contributed by atoms with Crippen LogP contribution in [-0.2, 0) is 4.74 Å². The average Bonchev–Trinajstić information content (AvgIpc) is 2.92. The summed E-state index contributed by atoms with van der Waals surface area (Å²) < 4.78 is 16.5. The number of methoxy groups -OCH3 is 2. The molecule has 154 valence electrons. The maximum atomic E-state index is 6.51. The summed E-state index contributed by atoms with van der Waals surface area (Å²) in [7, 11) is 3.24. The topological polar surface area (TPSA) is 90.1 Å². The second kappa shape index (κ2) is 9.65. The fourth-order valence-corrected chi connectivity index (χ4v) is 3.21. The van der Waals surface area contributed by atoms with Gasteiger partial charge < -0.3 is 25.0 Å². The number of rotatable bonds is 7. The largest absolute Gasteiger partial charge is 0.493 e. The predicted octanol–water partition coefficient (Wildman–Crippen LogP) is 3.33. The second-order valence-corrected chi connectivity index (χ2v) is 6.81. The van der Waals surface area contributed by atoms with Gasteiger partial charge in [-0.15, -0.1) is 0 Å². The van der Waals surface area contributed by atoms with Crippen molar-refractivity contribution in [3.8, 4) is 11.5 Å². The lowest BCUT2D eigenvalue weighted by atomic mass is 9.99. The molecule has 1 aliphatic heterocycles. The van der Waals surface area contributed by atoms with Crippen molar-refractivity contribution in [2.45, 2.75) is 6.92 Å². The Morgan fingerprint density at radius 3 is 2.66 bits per heavy atom. The van der Waals surface area contributed by atoms with Gasteiger partial charge in [-0.05, 0) is 19.1 Å². The normalized spacial score (nSPS) is 14.9. The number of hydrogen-bond acceptors (Lipinski definition) is 7. The number of nitrogens with two attached hydrogens (primary N) is 1. The molecule has 0 radical (unpaired) electrons. The molecule has 0 spiro atoms. The number of benzodiazepines with no additional fused rings is 1. The average molecular weight is 417 g/mol. The van der Waals surface area contributed by atoms with E-state index in [0.717, 1.165) is 33.9 Å². The molecular weight excluding hydrogens is 392 g/mol. The van der Waals surface area contributed by atoms with Gasteiger partial charge in [0.2, 0.25) is 0 Å². The second-order valence-electron chi connectivity index (χ2n) is 6.40. The first kappa shape index (κ1) is 21.0. The molecule has 4 N–H and O–H groups in total. The molecule has 2 aromatic rings. The number of halogens is 1. The zero-order valence-corrected chi connectivity index (χ0v) is 17.5. The van der Waals surface area contributed by atoms with Crippen molar-refractivity contribution < 1.29 is 14.2 Å². The summed E-state index contributed by atoms with van der Waals surface area (Å²) in [6.45, 7) is 3.24. The van der Waals surface area contributed by atoms with Gasteiger partial charge in [0.15, 0.2) is 11.5 Å². The molecule has 0 amide bonds. The number of anilines is 1. The molecule has 8 heteroatoms. The van der Waals surface area contributed by atoms with E-state index >= 15 is 0 Å². The molecule has 0 bridgehead atoms. The Kier molecular flexibility index (Phi) is 6.98. The summed E-state index contributed by atoms with van der Waals surface area (Å²) in [6, 6.07) is 11.4. The minimum atomic E-state index is 0.402. The van der Waals surface area contributed by atoms with E-state index in [1.165, 1.54) is 0 Å². The molecule has 1 aliphatic rings. The van der Waals surface area contributed by atoms with Crippen LogP contribution in [0.2, 0.25) is 5.02 Å². The molecule has 29 heavy (non-hydrogen) atoms. The Bertz CT molecular complexity index is 944. The lowest BCUT2D eigenvalue weighted by Crippen LogP contribution is -2.22. The first-order valence-corrected chi connectivity index (χ1v) is 9.54. The van der Waals surface area contributed by atoms with Crippen LogP contribution in [0, 0.1) is 0 Å². The zero-order chi connectivity index (χ0) is 20.8. The molecule has 0 fully saturated rings. The molecule has 0 atom stereocenters. The molecule has 1 heterocycles. The third kappa shape index (κ3) is 4.64. The highest BCUT2D eigenvalue weighted by molar-refractivity contribution is 6.36. The van der Waals surface area contributed by atoms with Crippen molar-refractivity contribution >= 4 is 23.0 Å². The van der Waals surface area contributed by atoms with Gasteiger partial charge in [-0.1, -0.05) is 29.8 Å². The van der Waals surface area contributed by atoms with E-state index in [9.17, 15) is 0 Å². The highest BCUT2D eigenvalue weighted by Gasteiger charge is 2.22. The van der Waals surface area contributed by atoms with Gasteiger partial charge in [0, 0.05) is 40.7 Å². The van der Waals surface area contributed by atoms with Crippen LogP contribution in [0.25, 0.3) is 0 Å². The van der Waals surface area contributed by atoms with Gasteiger partial charge >= 0.3 is 0 Å². The van der Waals surface area contributed by atoms with E-state index in [0.29, 0.717) is 36.3 Å². The summed E-state index contributed by atoms with van der Waals surface area (Å²) in [6.07, 6.45) is 0. The van der Waals surface area contributed by atoms with Gasteiger partial charge in [0.05, 0.1) is 31.7 Å². The van der Waals surface area contributed by atoms with Crippen LogP contribution in [0.3, 0.4) is 0 Å². The summed E-state index contributed by atoms with van der Waals surface area (Å²) in [5, 5.41) is 4.01. The number of ether oxygens (including phenoxy) is 3. The fraction of sp³-hybridized carbons (Fsp3) is 0.286. The Labute approximate surface area is 175 Å². The van der Waals surface area contributed by atoms with Crippen molar-refractivity contribution in [2.75, 3.05) is 39.3 Å². The van der Waals surface area contributed by atoms with Crippen molar-refractivity contribution in [1.82, 2.24) is 5.43 Å². The third-order valence-electron chi connectivity index (χ3n) is 4.58. The molecule has 7 nitrogen and oxygen atoms in total.